The van der Waals surface area contributed by atoms with E-state index in [9.17, 15) is 4.79 Å². The number of carbonyl (C=O) groups is 1. The molecule has 1 saturated heterocycles. The van der Waals surface area contributed by atoms with Crippen molar-refractivity contribution in [2.45, 2.75) is 45.4 Å². The molecule has 1 aliphatic rings. The lowest BCUT2D eigenvalue weighted by Gasteiger charge is -2.32. The molecule has 0 aliphatic carbocycles. The Morgan fingerprint density at radius 1 is 1.00 bits per heavy atom. The Hall–Kier alpha value is -2.89. The van der Waals surface area contributed by atoms with Crippen LogP contribution in [0.15, 0.2) is 77.3 Å². The van der Waals surface area contributed by atoms with Gasteiger partial charge in [0.2, 0.25) is 5.91 Å². The quantitative estimate of drug-likeness (QED) is 0.232. The smallest absolute Gasteiger partial charge is 0.226 e. The zero-order chi connectivity index (χ0) is 26.6. The number of halogens is 1. The number of piperidine rings is 1. The first-order chi connectivity index (χ1) is 18.4. The molecule has 38 heavy (non-hydrogen) atoms. The second kappa shape index (κ2) is 11.9. The lowest BCUT2D eigenvalue weighted by atomic mass is 9.89. The Balaban J connectivity index is 1.21. The van der Waals surface area contributed by atoms with Crippen LogP contribution < -0.4 is 5.32 Å². The van der Waals surface area contributed by atoms with Crippen molar-refractivity contribution in [1.29, 1.82) is 0 Å². The van der Waals surface area contributed by atoms with Gasteiger partial charge in [0, 0.05) is 34.0 Å². The number of nitrogens with zero attached hydrogens (tertiary/aromatic N) is 2. The molecule has 1 amide bonds. The zero-order valence-corrected chi connectivity index (χ0v) is 24.3. The number of carbonyl (C=O) groups excluding carboxylic acids is 1. The number of likely N-dealkylation sites (tertiary alicyclic amines) is 1. The molecule has 1 aliphatic heterocycles. The largest absolute Gasteiger partial charge is 0.343 e. The van der Waals surface area contributed by atoms with Gasteiger partial charge in [-0.3, -0.25) is 4.79 Å². The number of fused-ring (bicyclic) bond motifs is 1. The van der Waals surface area contributed by atoms with E-state index in [1.165, 1.54) is 46.1 Å². The first-order valence-electron chi connectivity index (χ1n) is 13.9. The summed E-state index contributed by atoms with van der Waals surface area (Å²) in [5.41, 5.74) is 7.63. The van der Waals surface area contributed by atoms with E-state index in [4.69, 9.17) is 0 Å². The van der Waals surface area contributed by atoms with Gasteiger partial charge in [0.25, 0.3) is 0 Å². The summed E-state index contributed by atoms with van der Waals surface area (Å²) in [5.74, 6) is 0.623. The van der Waals surface area contributed by atoms with Crippen molar-refractivity contribution >= 4 is 38.4 Å². The van der Waals surface area contributed by atoms with Crippen LogP contribution in [0.25, 0.3) is 22.2 Å². The Morgan fingerprint density at radius 3 is 2.47 bits per heavy atom. The summed E-state index contributed by atoms with van der Waals surface area (Å²) >= 11 is 3.58. The molecule has 4 aromatic rings. The standard InChI is InChI=1S/C33H38BrN3O/c1-23(2)33(38)35-28-9-6-8-26(22-28)24-17-20-37(21-18-24)19-7-11-30-29-10-4-5-12-31(29)36(3)32(30)25-13-15-27(34)16-14-25/h4-6,8-10,12-16,22-24H,7,11,17-21H2,1-3H3,(H,35,38). The summed E-state index contributed by atoms with van der Waals surface area (Å²) in [6, 6.07) is 26.0. The minimum absolute atomic E-state index is 0.0123. The maximum absolute atomic E-state index is 12.1. The number of hydrogen-bond acceptors (Lipinski definition) is 2. The summed E-state index contributed by atoms with van der Waals surface area (Å²) in [7, 11) is 2.19. The van der Waals surface area contributed by atoms with Crippen LogP contribution in [0.1, 0.15) is 50.2 Å². The van der Waals surface area contributed by atoms with Crippen LogP contribution in [0.2, 0.25) is 0 Å². The highest BCUT2D eigenvalue weighted by atomic mass is 79.9. The molecular weight excluding hydrogens is 534 g/mol. The molecule has 0 unspecified atom stereocenters. The van der Waals surface area contributed by atoms with Crippen molar-refractivity contribution in [1.82, 2.24) is 9.47 Å². The molecular formula is C33H38BrN3O. The molecule has 0 saturated carbocycles. The number of rotatable bonds is 8. The highest BCUT2D eigenvalue weighted by Crippen LogP contribution is 2.35. The molecule has 4 nitrogen and oxygen atoms in total. The number of nitrogens with one attached hydrogen (secondary N) is 1. The minimum atomic E-state index is -0.0123. The Kier molecular flexibility index (Phi) is 8.35. The Morgan fingerprint density at radius 2 is 1.74 bits per heavy atom. The molecule has 198 valence electrons. The molecule has 1 aromatic heterocycles. The van der Waals surface area contributed by atoms with Crippen LogP contribution in [0.5, 0.6) is 0 Å². The second-order valence-electron chi connectivity index (χ2n) is 10.9. The number of aryl methyl sites for hydroxylation is 2. The lowest BCUT2D eigenvalue weighted by molar-refractivity contribution is -0.118. The highest BCUT2D eigenvalue weighted by Gasteiger charge is 2.22. The molecule has 0 bridgehead atoms. The number of para-hydroxylation sites is 1. The van der Waals surface area contributed by atoms with Crippen LogP contribution in [0, 0.1) is 5.92 Å². The Labute approximate surface area is 235 Å². The van der Waals surface area contributed by atoms with Crippen LogP contribution in [-0.4, -0.2) is 35.0 Å². The van der Waals surface area contributed by atoms with Gasteiger partial charge in [-0.15, -0.1) is 0 Å². The van der Waals surface area contributed by atoms with Gasteiger partial charge in [-0.05, 0) is 98.3 Å². The van der Waals surface area contributed by atoms with E-state index in [-0.39, 0.29) is 11.8 Å². The van der Waals surface area contributed by atoms with Crippen LogP contribution in [-0.2, 0) is 18.3 Å². The molecule has 1 fully saturated rings. The van der Waals surface area contributed by atoms with Gasteiger partial charge in [-0.2, -0.15) is 0 Å². The topological polar surface area (TPSA) is 37.3 Å². The highest BCUT2D eigenvalue weighted by molar-refractivity contribution is 9.10. The molecule has 5 heteroatoms. The van der Waals surface area contributed by atoms with Gasteiger partial charge in [0.15, 0.2) is 0 Å². The number of benzene rings is 3. The molecule has 1 N–H and O–H groups in total. The molecule has 0 spiro atoms. The predicted octanol–water partition coefficient (Wildman–Crippen LogP) is 8.01. The van der Waals surface area contributed by atoms with Crippen molar-refractivity contribution in [3.63, 3.8) is 0 Å². The summed E-state index contributed by atoms with van der Waals surface area (Å²) in [6.45, 7) is 7.23. The average Bonchev–Trinajstić information content (AvgIpc) is 3.21. The second-order valence-corrected chi connectivity index (χ2v) is 11.8. The van der Waals surface area contributed by atoms with Gasteiger partial charge < -0.3 is 14.8 Å². The maximum Gasteiger partial charge on any atom is 0.226 e. The van der Waals surface area contributed by atoms with Gasteiger partial charge >= 0.3 is 0 Å². The van der Waals surface area contributed by atoms with E-state index < -0.39 is 0 Å². The van der Waals surface area contributed by atoms with Gasteiger partial charge in [0.1, 0.15) is 0 Å². The van der Waals surface area contributed by atoms with Crippen molar-refractivity contribution in [3.05, 3.63) is 88.4 Å². The van der Waals surface area contributed by atoms with Crippen molar-refractivity contribution < 1.29 is 4.79 Å². The first-order valence-corrected chi connectivity index (χ1v) is 14.7. The summed E-state index contributed by atoms with van der Waals surface area (Å²) in [5, 5.41) is 4.42. The molecule has 0 radical (unpaired) electrons. The number of amides is 1. The molecule has 0 atom stereocenters. The third-order valence-corrected chi connectivity index (χ3v) is 8.50. The fraction of sp³-hybridized carbons (Fsp3) is 0.364. The molecule has 2 heterocycles. The SMILES string of the molecule is CC(C)C(=O)Nc1cccc(C2CCN(CCCc3c(-c4ccc(Br)cc4)n(C)c4ccccc34)CC2)c1. The zero-order valence-electron chi connectivity index (χ0n) is 22.7. The maximum atomic E-state index is 12.1. The van der Waals surface area contributed by atoms with Crippen LogP contribution in [0.4, 0.5) is 5.69 Å². The summed E-state index contributed by atoms with van der Waals surface area (Å²) in [6.07, 6.45) is 4.56. The predicted molar refractivity (Wildman–Crippen MR) is 163 cm³/mol. The van der Waals surface area contributed by atoms with Crippen molar-refractivity contribution in [2.75, 3.05) is 25.0 Å². The van der Waals surface area contributed by atoms with Crippen molar-refractivity contribution in [2.24, 2.45) is 13.0 Å². The average molecular weight is 573 g/mol. The normalized spacial score (nSPS) is 14.9. The van der Waals surface area contributed by atoms with Gasteiger partial charge in [-0.25, -0.2) is 0 Å². The van der Waals surface area contributed by atoms with Crippen LogP contribution >= 0.6 is 15.9 Å². The fourth-order valence-corrected chi connectivity index (χ4v) is 6.09. The monoisotopic (exact) mass is 571 g/mol. The van der Waals surface area contributed by atoms with E-state index >= 15 is 0 Å². The minimum Gasteiger partial charge on any atom is -0.343 e. The third-order valence-electron chi connectivity index (χ3n) is 7.97. The van der Waals surface area contributed by atoms with Gasteiger partial charge in [-0.1, -0.05) is 72.2 Å². The summed E-state index contributed by atoms with van der Waals surface area (Å²) < 4.78 is 3.47. The van der Waals surface area contributed by atoms with E-state index in [0.717, 1.165) is 42.6 Å². The number of anilines is 1. The first kappa shape index (κ1) is 26.7. The lowest BCUT2D eigenvalue weighted by Crippen LogP contribution is -2.33. The van der Waals surface area contributed by atoms with E-state index in [2.05, 4.69) is 104 Å². The van der Waals surface area contributed by atoms with E-state index in [0.29, 0.717) is 5.92 Å². The van der Waals surface area contributed by atoms with Gasteiger partial charge in [0.05, 0.1) is 5.69 Å². The molecule has 3 aromatic carbocycles. The third kappa shape index (κ3) is 5.89. The fourth-order valence-electron chi connectivity index (χ4n) is 5.83. The van der Waals surface area contributed by atoms with Crippen LogP contribution in [0.3, 0.4) is 0 Å². The Bertz CT molecular complexity index is 1400. The van der Waals surface area contributed by atoms with Crippen molar-refractivity contribution in [3.8, 4) is 11.3 Å². The van der Waals surface area contributed by atoms with E-state index in [1.807, 2.05) is 19.9 Å². The molecule has 5 rings (SSSR count). The number of aromatic nitrogens is 1. The summed E-state index contributed by atoms with van der Waals surface area (Å²) in [4.78, 5) is 14.7. The van der Waals surface area contributed by atoms with E-state index in [1.54, 1.807) is 0 Å². The number of hydrogen-bond donors (Lipinski definition) is 1.